The smallest absolute Gasteiger partial charge is 0.119 e. The van der Waals surface area contributed by atoms with Gasteiger partial charge in [-0.05, 0) is 71.0 Å². The van der Waals surface area contributed by atoms with Gasteiger partial charge in [0.1, 0.15) is 18.1 Å². The molecule has 0 bridgehead atoms. The highest BCUT2D eigenvalue weighted by atomic mass is 16.5. The SMILES string of the molecule is CC/C(=C(\c1ccc(O)cc1)c1ccc(OCCN)cc1)c1ccccc1C. The fourth-order valence-corrected chi connectivity index (χ4v) is 3.45. The van der Waals surface area contributed by atoms with Crippen LogP contribution in [0.4, 0.5) is 0 Å². The van der Waals surface area contributed by atoms with E-state index in [9.17, 15) is 5.11 Å². The van der Waals surface area contributed by atoms with Crippen LogP contribution in [0.25, 0.3) is 11.1 Å². The van der Waals surface area contributed by atoms with E-state index >= 15 is 0 Å². The Labute approximate surface area is 167 Å². The first-order valence-electron chi connectivity index (χ1n) is 9.66. The normalized spacial score (nSPS) is 11.8. The van der Waals surface area contributed by atoms with Gasteiger partial charge in [0.2, 0.25) is 0 Å². The van der Waals surface area contributed by atoms with Crippen molar-refractivity contribution < 1.29 is 9.84 Å². The zero-order chi connectivity index (χ0) is 19.9. The zero-order valence-corrected chi connectivity index (χ0v) is 16.5. The van der Waals surface area contributed by atoms with Gasteiger partial charge in [-0.2, -0.15) is 0 Å². The number of ether oxygens (including phenoxy) is 1. The van der Waals surface area contributed by atoms with Gasteiger partial charge in [-0.3, -0.25) is 0 Å². The molecule has 0 aliphatic rings. The number of hydrogen-bond donors (Lipinski definition) is 2. The van der Waals surface area contributed by atoms with Crippen molar-refractivity contribution in [2.75, 3.05) is 13.2 Å². The summed E-state index contributed by atoms with van der Waals surface area (Å²) in [5, 5.41) is 9.74. The highest BCUT2D eigenvalue weighted by Crippen LogP contribution is 2.36. The van der Waals surface area contributed by atoms with Crippen molar-refractivity contribution in [3.05, 3.63) is 95.1 Å². The van der Waals surface area contributed by atoms with Crippen LogP contribution in [0.1, 0.15) is 35.6 Å². The molecule has 3 heteroatoms. The molecular formula is C25H27NO2. The highest BCUT2D eigenvalue weighted by Gasteiger charge is 2.14. The summed E-state index contributed by atoms with van der Waals surface area (Å²) in [4.78, 5) is 0. The standard InChI is InChI=1S/C25H27NO2/c1-3-23(24-7-5-4-6-18(24)2)25(19-8-12-21(27)13-9-19)20-10-14-22(15-11-20)28-17-16-26/h4-15,27H,3,16-17,26H2,1-2H3/b25-23-. The topological polar surface area (TPSA) is 55.5 Å². The van der Waals surface area contributed by atoms with Crippen LogP contribution in [-0.2, 0) is 0 Å². The summed E-state index contributed by atoms with van der Waals surface area (Å²) in [5.74, 6) is 1.08. The third-order valence-corrected chi connectivity index (χ3v) is 4.81. The summed E-state index contributed by atoms with van der Waals surface area (Å²) in [6.07, 6.45) is 0.895. The maximum Gasteiger partial charge on any atom is 0.119 e. The van der Waals surface area contributed by atoms with Gasteiger partial charge >= 0.3 is 0 Å². The minimum absolute atomic E-state index is 0.266. The van der Waals surface area contributed by atoms with E-state index in [0.29, 0.717) is 13.2 Å². The maximum atomic E-state index is 9.74. The lowest BCUT2D eigenvalue weighted by atomic mass is 9.86. The van der Waals surface area contributed by atoms with Crippen LogP contribution in [0.2, 0.25) is 0 Å². The lowest BCUT2D eigenvalue weighted by Gasteiger charge is -2.18. The summed E-state index contributed by atoms with van der Waals surface area (Å²) < 4.78 is 5.63. The highest BCUT2D eigenvalue weighted by molar-refractivity contribution is 5.99. The monoisotopic (exact) mass is 373 g/mol. The van der Waals surface area contributed by atoms with Crippen LogP contribution in [0.15, 0.2) is 72.8 Å². The van der Waals surface area contributed by atoms with E-state index in [1.807, 2.05) is 24.3 Å². The number of allylic oxidation sites excluding steroid dienone is 1. The number of rotatable bonds is 7. The average Bonchev–Trinajstić information content (AvgIpc) is 2.73. The molecule has 0 radical (unpaired) electrons. The van der Waals surface area contributed by atoms with Gasteiger partial charge in [0.25, 0.3) is 0 Å². The number of nitrogens with two attached hydrogens (primary N) is 1. The second-order valence-electron chi connectivity index (χ2n) is 6.73. The Morgan fingerprint density at radius 3 is 2.07 bits per heavy atom. The number of phenols is 1. The Morgan fingerprint density at radius 1 is 0.893 bits per heavy atom. The van der Waals surface area contributed by atoms with E-state index < -0.39 is 0 Å². The number of phenolic OH excluding ortho intramolecular Hbond substituents is 1. The van der Waals surface area contributed by atoms with Crippen LogP contribution < -0.4 is 10.5 Å². The number of aromatic hydroxyl groups is 1. The summed E-state index contributed by atoms with van der Waals surface area (Å²) in [6.45, 7) is 5.32. The first-order chi connectivity index (χ1) is 13.6. The van der Waals surface area contributed by atoms with Crippen molar-refractivity contribution in [3.63, 3.8) is 0 Å². The molecule has 3 nitrogen and oxygen atoms in total. The van der Waals surface area contributed by atoms with Crippen LogP contribution in [0, 0.1) is 6.92 Å². The van der Waals surface area contributed by atoms with Gasteiger partial charge in [0, 0.05) is 6.54 Å². The second-order valence-corrected chi connectivity index (χ2v) is 6.73. The molecule has 0 fully saturated rings. The molecule has 0 aromatic heterocycles. The molecule has 3 rings (SSSR count). The molecule has 0 unspecified atom stereocenters. The Morgan fingerprint density at radius 2 is 1.50 bits per heavy atom. The third kappa shape index (κ3) is 4.44. The van der Waals surface area contributed by atoms with Crippen LogP contribution in [0.5, 0.6) is 11.5 Å². The van der Waals surface area contributed by atoms with Crippen molar-refractivity contribution in [1.82, 2.24) is 0 Å². The maximum absolute atomic E-state index is 9.74. The summed E-state index contributed by atoms with van der Waals surface area (Å²) >= 11 is 0. The fourth-order valence-electron chi connectivity index (χ4n) is 3.45. The van der Waals surface area contributed by atoms with Gasteiger partial charge < -0.3 is 15.6 Å². The molecule has 3 aromatic carbocycles. The Balaban J connectivity index is 2.17. The first kappa shape index (κ1) is 19.7. The molecule has 0 saturated heterocycles. The molecule has 0 heterocycles. The van der Waals surface area contributed by atoms with Crippen molar-refractivity contribution in [1.29, 1.82) is 0 Å². The van der Waals surface area contributed by atoms with Gasteiger partial charge in [0.05, 0.1) is 0 Å². The molecular weight excluding hydrogens is 346 g/mol. The van der Waals surface area contributed by atoms with E-state index in [1.54, 1.807) is 12.1 Å². The minimum atomic E-state index is 0.266. The van der Waals surface area contributed by atoms with E-state index in [2.05, 4.69) is 50.2 Å². The lowest BCUT2D eigenvalue weighted by Crippen LogP contribution is -2.10. The summed E-state index contributed by atoms with van der Waals surface area (Å²) in [6, 6.07) is 24.0. The molecule has 144 valence electrons. The predicted molar refractivity (Wildman–Crippen MR) is 116 cm³/mol. The quantitative estimate of drug-likeness (QED) is 0.545. The molecule has 3 N–H and O–H groups in total. The molecule has 0 amide bonds. The van der Waals surface area contributed by atoms with Crippen molar-refractivity contribution >= 4 is 11.1 Å². The van der Waals surface area contributed by atoms with Gasteiger partial charge in [-0.1, -0.05) is 55.5 Å². The molecule has 0 saturated carbocycles. The fraction of sp³-hybridized carbons (Fsp3) is 0.200. The van der Waals surface area contributed by atoms with Crippen molar-refractivity contribution in [2.24, 2.45) is 5.73 Å². The van der Waals surface area contributed by atoms with Gasteiger partial charge in [-0.15, -0.1) is 0 Å². The average molecular weight is 373 g/mol. The number of hydrogen-bond acceptors (Lipinski definition) is 3. The van der Waals surface area contributed by atoms with Crippen molar-refractivity contribution in [3.8, 4) is 11.5 Å². The number of benzene rings is 3. The van der Waals surface area contributed by atoms with Crippen LogP contribution >= 0.6 is 0 Å². The number of aryl methyl sites for hydroxylation is 1. The largest absolute Gasteiger partial charge is 0.508 e. The lowest BCUT2D eigenvalue weighted by molar-refractivity contribution is 0.328. The molecule has 0 spiro atoms. The van der Waals surface area contributed by atoms with E-state index in [0.717, 1.165) is 23.3 Å². The Bertz CT molecular complexity index is 941. The van der Waals surface area contributed by atoms with Gasteiger partial charge in [0.15, 0.2) is 0 Å². The van der Waals surface area contributed by atoms with Crippen LogP contribution in [-0.4, -0.2) is 18.3 Å². The minimum Gasteiger partial charge on any atom is -0.508 e. The summed E-state index contributed by atoms with van der Waals surface area (Å²) in [7, 11) is 0. The zero-order valence-electron chi connectivity index (χ0n) is 16.5. The Hall–Kier alpha value is -3.04. The van der Waals surface area contributed by atoms with Crippen LogP contribution in [0.3, 0.4) is 0 Å². The van der Waals surface area contributed by atoms with Crippen molar-refractivity contribution in [2.45, 2.75) is 20.3 Å². The molecule has 28 heavy (non-hydrogen) atoms. The first-order valence-corrected chi connectivity index (χ1v) is 9.66. The van der Waals surface area contributed by atoms with E-state index in [4.69, 9.17) is 10.5 Å². The molecule has 0 aliphatic heterocycles. The molecule has 3 aromatic rings. The van der Waals surface area contributed by atoms with Gasteiger partial charge in [-0.25, -0.2) is 0 Å². The third-order valence-electron chi connectivity index (χ3n) is 4.81. The predicted octanol–water partition coefficient (Wildman–Crippen LogP) is 5.41. The van der Waals surface area contributed by atoms with E-state index in [-0.39, 0.29) is 5.75 Å². The molecule has 0 atom stereocenters. The summed E-state index contributed by atoms with van der Waals surface area (Å²) in [5.41, 5.74) is 12.7. The van der Waals surface area contributed by atoms with E-state index in [1.165, 1.54) is 22.3 Å². The second kappa shape index (κ2) is 9.25. The Kier molecular flexibility index (Phi) is 6.51. The molecule has 0 aliphatic carbocycles.